The Hall–Kier alpha value is -2.34. The van der Waals surface area contributed by atoms with Gasteiger partial charge in [0.15, 0.2) is 17.3 Å². The van der Waals surface area contributed by atoms with Gasteiger partial charge in [-0.3, -0.25) is 18.7 Å². The Balaban J connectivity index is 0.000000537. The Kier molecular flexibility index (Phi) is 6.48. The molecule has 3 rings (SSSR count). The summed E-state index contributed by atoms with van der Waals surface area (Å²) in [6.07, 6.45) is 1.48. The van der Waals surface area contributed by atoms with Crippen molar-refractivity contribution in [2.45, 2.75) is 18.9 Å². The van der Waals surface area contributed by atoms with Crippen LogP contribution in [0.25, 0.3) is 0 Å². The van der Waals surface area contributed by atoms with Crippen molar-refractivity contribution in [1.82, 2.24) is 0 Å². The average molecular weight is 451 g/mol. The number of ketones is 2. The molecule has 0 saturated carbocycles. The topological polar surface area (TPSA) is 146 Å². The van der Waals surface area contributed by atoms with E-state index >= 15 is 0 Å². The molecule has 1 aliphatic heterocycles. The molecule has 1 aromatic rings. The third-order valence-corrected chi connectivity index (χ3v) is 4.86. The summed E-state index contributed by atoms with van der Waals surface area (Å²) in [5, 5.41) is 0.179. The van der Waals surface area contributed by atoms with Crippen molar-refractivity contribution < 1.29 is 46.1 Å². The SMILES string of the molecule is COC1=CC(=O)C[C@@H](C)[C@]12Oc1c(Cl)c(OC)cc(OC)c1C2=O.O=S(=O)(O)O. The zero-order valence-corrected chi connectivity index (χ0v) is 17.5. The molecule has 29 heavy (non-hydrogen) atoms. The van der Waals surface area contributed by atoms with Crippen molar-refractivity contribution in [2.75, 3.05) is 21.3 Å². The van der Waals surface area contributed by atoms with Crippen molar-refractivity contribution >= 4 is 33.6 Å². The number of Topliss-reactive ketones (excluding diaryl/α,β-unsaturated/α-hetero) is 1. The molecule has 0 saturated heterocycles. The van der Waals surface area contributed by atoms with Gasteiger partial charge < -0.3 is 18.9 Å². The van der Waals surface area contributed by atoms with Gasteiger partial charge in [0.05, 0.1) is 21.3 Å². The van der Waals surface area contributed by atoms with Crippen molar-refractivity contribution in [3.63, 3.8) is 0 Å². The van der Waals surface area contributed by atoms with E-state index < -0.39 is 21.9 Å². The second-order valence-corrected chi connectivity index (χ2v) is 7.47. The van der Waals surface area contributed by atoms with Crippen LogP contribution in [0.1, 0.15) is 23.7 Å². The summed E-state index contributed by atoms with van der Waals surface area (Å²) in [7, 11) is -0.359. The van der Waals surface area contributed by atoms with E-state index in [2.05, 4.69) is 0 Å². The first-order valence-electron chi connectivity index (χ1n) is 8.07. The Morgan fingerprint density at radius 1 is 1.14 bits per heavy atom. The normalized spacial score (nSPS) is 22.9. The zero-order chi connectivity index (χ0) is 22.1. The highest BCUT2D eigenvalue weighted by Crippen LogP contribution is 2.54. The van der Waals surface area contributed by atoms with Gasteiger partial charge in [-0.2, -0.15) is 8.42 Å². The van der Waals surface area contributed by atoms with E-state index in [9.17, 15) is 9.59 Å². The Morgan fingerprint density at radius 3 is 2.17 bits per heavy atom. The van der Waals surface area contributed by atoms with Gasteiger partial charge in [0.25, 0.3) is 0 Å². The lowest BCUT2D eigenvalue weighted by molar-refractivity contribution is -0.118. The van der Waals surface area contributed by atoms with Crippen LogP contribution in [0.5, 0.6) is 17.2 Å². The maximum absolute atomic E-state index is 13.3. The maximum Gasteiger partial charge on any atom is 0.394 e. The molecule has 10 nitrogen and oxygen atoms in total. The standard InChI is InChI=1S/C17H17ClO6.H2O4S/c1-8-5-9(19)6-12(23-4)17(8)16(20)13-10(21-2)7-11(22-3)14(18)15(13)24-17;1-5(2,3)4/h6-8H,5H2,1-4H3;(H2,1,2,3,4)/t8-,17+;/m1./s1. The molecule has 0 bridgehead atoms. The fourth-order valence-corrected chi connectivity index (χ4v) is 3.56. The molecular weight excluding hydrogens is 432 g/mol. The van der Waals surface area contributed by atoms with Gasteiger partial charge in [-0.25, -0.2) is 0 Å². The van der Waals surface area contributed by atoms with Crippen LogP contribution < -0.4 is 14.2 Å². The highest BCUT2D eigenvalue weighted by atomic mass is 35.5. The first-order chi connectivity index (χ1) is 13.4. The van der Waals surface area contributed by atoms with Crippen LogP contribution in [0, 0.1) is 5.92 Å². The van der Waals surface area contributed by atoms with E-state index in [-0.39, 0.29) is 40.1 Å². The smallest absolute Gasteiger partial charge is 0.394 e. The van der Waals surface area contributed by atoms with E-state index in [0.29, 0.717) is 11.5 Å². The van der Waals surface area contributed by atoms with Gasteiger partial charge in [-0.05, 0) is 0 Å². The summed E-state index contributed by atoms with van der Waals surface area (Å²) in [6, 6.07) is 1.54. The van der Waals surface area contributed by atoms with Crippen LogP contribution in [0.4, 0.5) is 0 Å². The van der Waals surface area contributed by atoms with Crippen LogP contribution in [0.2, 0.25) is 5.02 Å². The lowest BCUT2D eigenvalue weighted by atomic mass is 9.75. The van der Waals surface area contributed by atoms with Gasteiger partial charge >= 0.3 is 10.4 Å². The lowest BCUT2D eigenvalue weighted by Gasteiger charge is -2.36. The molecule has 0 radical (unpaired) electrons. The minimum Gasteiger partial charge on any atom is -0.496 e. The van der Waals surface area contributed by atoms with Crippen molar-refractivity contribution in [3.05, 3.63) is 28.5 Å². The van der Waals surface area contributed by atoms with Gasteiger partial charge in [-0.15, -0.1) is 0 Å². The molecule has 2 atom stereocenters. The number of fused-ring (bicyclic) bond motifs is 1. The fourth-order valence-electron chi connectivity index (χ4n) is 3.30. The van der Waals surface area contributed by atoms with E-state index in [1.54, 1.807) is 6.92 Å². The van der Waals surface area contributed by atoms with Gasteiger partial charge in [-0.1, -0.05) is 18.5 Å². The number of carbonyl (C=O) groups excluding carboxylic acids is 2. The van der Waals surface area contributed by atoms with Gasteiger partial charge in [0.2, 0.25) is 11.4 Å². The summed E-state index contributed by atoms with van der Waals surface area (Å²) < 4.78 is 53.5. The number of hydrogen-bond acceptors (Lipinski definition) is 8. The molecule has 1 spiro atoms. The zero-order valence-electron chi connectivity index (χ0n) is 15.9. The van der Waals surface area contributed by atoms with E-state index in [0.717, 1.165) is 0 Å². The maximum atomic E-state index is 13.3. The van der Waals surface area contributed by atoms with Crippen molar-refractivity contribution in [3.8, 4) is 17.2 Å². The van der Waals surface area contributed by atoms with E-state index in [1.807, 2.05) is 0 Å². The second kappa shape index (κ2) is 8.19. The quantitative estimate of drug-likeness (QED) is 0.656. The highest BCUT2D eigenvalue weighted by Gasteiger charge is 2.59. The molecule has 1 heterocycles. The molecule has 2 N–H and O–H groups in total. The number of methoxy groups -OCH3 is 3. The average Bonchev–Trinajstić information content (AvgIpc) is 2.93. The Morgan fingerprint density at radius 2 is 1.69 bits per heavy atom. The molecule has 1 aliphatic carbocycles. The molecule has 12 heteroatoms. The fraction of sp³-hybridized carbons (Fsp3) is 0.412. The third kappa shape index (κ3) is 4.17. The van der Waals surface area contributed by atoms with Crippen LogP contribution in [0.3, 0.4) is 0 Å². The summed E-state index contributed by atoms with van der Waals surface area (Å²) in [6.45, 7) is 1.77. The number of benzene rings is 1. The first-order valence-corrected chi connectivity index (χ1v) is 9.85. The van der Waals surface area contributed by atoms with Gasteiger partial charge in [0.1, 0.15) is 22.1 Å². The number of allylic oxidation sites excluding steroid dienone is 1. The molecular formula is C17H19ClO10S. The van der Waals surface area contributed by atoms with Crippen LogP contribution in [0.15, 0.2) is 17.9 Å². The molecule has 160 valence electrons. The monoisotopic (exact) mass is 450 g/mol. The molecule has 1 aromatic carbocycles. The summed E-state index contributed by atoms with van der Waals surface area (Å²) >= 11 is 6.33. The predicted molar refractivity (Wildman–Crippen MR) is 100 cm³/mol. The molecule has 0 aromatic heterocycles. The molecule has 2 aliphatic rings. The summed E-state index contributed by atoms with van der Waals surface area (Å²) in [5.41, 5.74) is -1.19. The third-order valence-electron chi connectivity index (χ3n) is 4.50. The summed E-state index contributed by atoms with van der Waals surface area (Å²) in [4.78, 5) is 25.1. The number of halogens is 1. The van der Waals surface area contributed by atoms with Crippen molar-refractivity contribution in [2.24, 2.45) is 5.92 Å². The number of carbonyl (C=O) groups is 2. The van der Waals surface area contributed by atoms with Crippen LogP contribution in [-0.2, 0) is 19.9 Å². The van der Waals surface area contributed by atoms with E-state index in [4.69, 9.17) is 48.1 Å². The molecule has 0 amide bonds. The van der Waals surface area contributed by atoms with E-state index in [1.165, 1.54) is 33.5 Å². The minimum atomic E-state index is -4.67. The number of ether oxygens (including phenoxy) is 4. The predicted octanol–water partition coefficient (Wildman–Crippen LogP) is 2.16. The Labute approximate surface area is 171 Å². The minimum absolute atomic E-state index is 0.118. The first kappa shape index (κ1) is 22.9. The molecule has 0 fully saturated rings. The van der Waals surface area contributed by atoms with Crippen molar-refractivity contribution in [1.29, 1.82) is 0 Å². The lowest BCUT2D eigenvalue weighted by Crippen LogP contribution is -2.51. The largest absolute Gasteiger partial charge is 0.496 e. The highest BCUT2D eigenvalue weighted by molar-refractivity contribution is 7.79. The molecule has 0 unspecified atom stereocenters. The Bertz CT molecular complexity index is 976. The second-order valence-electron chi connectivity index (χ2n) is 6.20. The van der Waals surface area contributed by atoms with Crippen LogP contribution >= 0.6 is 11.6 Å². The van der Waals surface area contributed by atoms with Crippen LogP contribution in [-0.4, -0.2) is 56.0 Å². The van der Waals surface area contributed by atoms with Gasteiger partial charge in [0, 0.05) is 24.5 Å². The number of rotatable bonds is 3. The summed E-state index contributed by atoms with van der Waals surface area (Å²) in [5.74, 6) is 0.107. The number of hydrogen-bond donors (Lipinski definition) is 2.